The summed E-state index contributed by atoms with van der Waals surface area (Å²) in [6.45, 7) is 4.73. The largest absolute Gasteiger partial charge is 0.497 e. The maximum Gasteiger partial charge on any atom is 0.127 e. The van der Waals surface area contributed by atoms with Crippen molar-refractivity contribution < 1.29 is 13.9 Å². The lowest BCUT2D eigenvalue weighted by Crippen LogP contribution is -2.18. The first-order chi connectivity index (χ1) is 9.63. The molecule has 0 aliphatic rings. The van der Waals surface area contributed by atoms with Gasteiger partial charge in [-0.25, -0.2) is 0 Å². The molecule has 2 aromatic rings. The first-order valence-corrected chi connectivity index (χ1v) is 6.64. The molecule has 4 heteroatoms. The van der Waals surface area contributed by atoms with Gasteiger partial charge in [0.1, 0.15) is 23.0 Å². The van der Waals surface area contributed by atoms with Crippen LogP contribution in [-0.4, -0.2) is 14.2 Å². The van der Waals surface area contributed by atoms with Gasteiger partial charge in [0.25, 0.3) is 0 Å². The topological polar surface area (TPSA) is 43.6 Å². The van der Waals surface area contributed by atoms with Crippen molar-refractivity contribution in [2.45, 2.75) is 26.4 Å². The summed E-state index contributed by atoms with van der Waals surface area (Å²) >= 11 is 0. The monoisotopic (exact) mass is 275 g/mol. The minimum Gasteiger partial charge on any atom is -0.497 e. The van der Waals surface area contributed by atoms with Crippen molar-refractivity contribution in [2.24, 2.45) is 0 Å². The van der Waals surface area contributed by atoms with Crippen molar-refractivity contribution in [2.75, 3.05) is 14.2 Å². The molecule has 1 heterocycles. The van der Waals surface area contributed by atoms with Gasteiger partial charge in [0, 0.05) is 18.2 Å². The van der Waals surface area contributed by atoms with Gasteiger partial charge in [-0.3, -0.25) is 0 Å². The second kappa shape index (κ2) is 6.48. The van der Waals surface area contributed by atoms with E-state index < -0.39 is 0 Å². The van der Waals surface area contributed by atoms with Gasteiger partial charge in [0.05, 0.1) is 20.3 Å². The van der Waals surface area contributed by atoms with Crippen LogP contribution in [0.15, 0.2) is 34.7 Å². The van der Waals surface area contributed by atoms with Crippen molar-refractivity contribution in [3.63, 3.8) is 0 Å². The standard InChI is InChI=1S/C16H21NO3/c1-11-5-8-15(20-11)12(2)17-10-13-6-7-14(18-3)9-16(13)19-4/h5-9,12,17H,10H2,1-4H3. The minimum atomic E-state index is 0.149. The molecule has 1 unspecified atom stereocenters. The zero-order valence-corrected chi connectivity index (χ0v) is 12.4. The number of aryl methyl sites for hydroxylation is 1. The SMILES string of the molecule is COc1ccc(CNC(C)c2ccc(C)o2)c(OC)c1. The van der Waals surface area contributed by atoms with Gasteiger partial charge in [-0.15, -0.1) is 0 Å². The number of hydrogen-bond donors (Lipinski definition) is 1. The third kappa shape index (κ3) is 3.33. The first kappa shape index (κ1) is 14.5. The van der Waals surface area contributed by atoms with Gasteiger partial charge in [-0.2, -0.15) is 0 Å². The number of rotatable bonds is 6. The highest BCUT2D eigenvalue weighted by molar-refractivity contribution is 5.40. The van der Waals surface area contributed by atoms with Crippen LogP contribution >= 0.6 is 0 Å². The average Bonchev–Trinajstić information content (AvgIpc) is 2.91. The lowest BCUT2D eigenvalue weighted by Gasteiger charge is -2.14. The summed E-state index contributed by atoms with van der Waals surface area (Å²) in [7, 11) is 3.31. The Hall–Kier alpha value is -1.94. The molecule has 0 amide bonds. The van der Waals surface area contributed by atoms with Crippen molar-refractivity contribution in [1.82, 2.24) is 5.32 Å². The van der Waals surface area contributed by atoms with Gasteiger partial charge >= 0.3 is 0 Å². The van der Waals surface area contributed by atoms with Crippen LogP contribution in [0.4, 0.5) is 0 Å². The van der Waals surface area contributed by atoms with Gasteiger partial charge in [0.2, 0.25) is 0 Å². The molecule has 0 spiro atoms. The molecule has 4 nitrogen and oxygen atoms in total. The fourth-order valence-corrected chi connectivity index (χ4v) is 2.05. The number of hydrogen-bond acceptors (Lipinski definition) is 4. The molecule has 0 radical (unpaired) electrons. The van der Waals surface area contributed by atoms with E-state index in [0.29, 0.717) is 6.54 Å². The highest BCUT2D eigenvalue weighted by atomic mass is 16.5. The zero-order chi connectivity index (χ0) is 14.5. The summed E-state index contributed by atoms with van der Waals surface area (Å²) in [6, 6.07) is 9.94. The summed E-state index contributed by atoms with van der Waals surface area (Å²) in [4.78, 5) is 0. The molecule has 0 fully saturated rings. The molecule has 2 rings (SSSR count). The van der Waals surface area contributed by atoms with Crippen LogP contribution < -0.4 is 14.8 Å². The first-order valence-electron chi connectivity index (χ1n) is 6.64. The molecule has 20 heavy (non-hydrogen) atoms. The average molecular weight is 275 g/mol. The molecule has 1 aromatic heterocycles. The van der Waals surface area contributed by atoms with Crippen LogP contribution in [0.5, 0.6) is 11.5 Å². The lowest BCUT2D eigenvalue weighted by atomic mass is 10.1. The smallest absolute Gasteiger partial charge is 0.127 e. The number of ether oxygens (including phenoxy) is 2. The lowest BCUT2D eigenvalue weighted by molar-refractivity contribution is 0.384. The maximum absolute atomic E-state index is 5.61. The predicted octanol–water partition coefficient (Wildman–Crippen LogP) is 3.46. The van der Waals surface area contributed by atoms with Crippen molar-refractivity contribution in [3.05, 3.63) is 47.4 Å². The molecule has 0 aliphatic heterocycles. The van der Waals surface area contributed by atoms with E-state index in [1.807, 2.05) is 37.3 Å². The molecule has 1 N–H and O–H groups in total. The quantitative estimate of drug-likeness (QED) is 0.877. The van der Waals surface area contributed by atoms with E-state index >= 15 is 0 Å². The fraction of sp³-hybridized carbons (Fsp3) is 0.375. The van der Waals surface area contributed by atoms with Crippen LogP contribution in [0.2, 0.25) is 0 Å². The van der Waals surface area contributed by atoms with Gasteiger partial charge in [-0.05, 0) is 32.0 Å². The van der Waals surface area contributed by atoms with Gasteiger partial charge in [-0.1, -0.05) is 6.07 Å². The van der Waals surface area contributed by atoms with Crippen molar-refractivity contribution in [3.8, 4) is 11.5 Å². The third-order valence-electron chi connectivity index (χ3n) is 3.28. The van der Waals surface area contributed by atoms with Crippen LogP contribution in [-0.2, 0) is 6.54 Å². The third-order valence-corrected chi connectivity index (χ3v) is 3.28. The molecule has 0 aliphatic carbocycles. The molecule has 108 valence electrons. The Morgan fingerprint density at radius 2 is 1.95 bits per heavy atom. The van der Waals surface area contributed by atoms with E-state index in [1.54, 1.807) is 14.2 Å². The molecule has 1 aromatic carbocycles. The summed E-state index contributed by atoms with van der Waals surface area (Å²) in [5.74, 6) is 3.48. The predicted molar refractivity (Wildman–Crippen MR) is 78.2 cm³/mol. The van der Waals surface area contributed by atoms with Gasteiger partial charge in [0.15, 0.2) is 0 Å². The highest BCUT2D eigenvalue weighted by Crippen LogP contribution is 2.25. The Morgan fingerprint density at radius 3 is 2.55 bits per heavy atom. The van der Waals surface area contributed by atoms with Crippen LogP contribution in [0.25, 0.3) is 0 Å². The fourth-order valence-electron chi connectivity index (χ4n) is 2.05. The van der Waals surface area contributed by atoms with Crippen LogP contribution in [0.1, 0.15) is 30.0 Å². The Kier molecular flexibility index (Phi) is 4.69. The molecule has 0 bridgehead atoms. The van der Waals surface area contributed by atoms with E-state index in [-0.39, 0.29) is 6.04 Å². The van der Waals surface area contributed by atoms with Crippen LogP contribution in [0.3, 0.4) is 0 Å². The van der Waals surface area contributed by atoms with E-state index in [4.69, 9.17) is 13.9 Å². The number of benzene rings is 1. The number of methoxy groups -OCH3 is 2. The maximum atomic E-state index is 5.61. The molecular weight excluding hydrogens is 254 g/mol. The summed E-state index contributed by atoms with van der Waals surface area (Å²) in [5, 5.41) is 3.43. The van der Waals surface area contributed by atoms with Crippen LogP contribution in [0, 0.1) is 6.92 Å². The van der Waals surface area contributed by atoms with Crippen molar-refractivity contribution in [1.29, 1.82) is 0 Å². The van der Waals surface area contributed by atoms with Gasteiger partial charge < -0.3 is 19.2 Å². The minimum absolute atomic E-state index is 0.149. The Morgan fingerprint density at radius 1 is 1.15 bits per heavy atom. The Labute approximate surface area is 119 Å². The molecule has 0 saturated carbocycles. The van der Waals surface area contributed by atoms with E-state index in [1.165, 1.54) is 0 Å². The van der Waals surface area contributed by atoms with E-state index in [0.717, 1.165) is 28.6 Å². The molecular formula is C16H21NO3. The Balaban J connectivity index is 2.03. The highest BCUT2D eigenvalue weighted by Gasteiger charge is 2.11. The number of nitrogens with one attached hydrogen (secondary N) is 1. The van der Waals surface area contributed by atoms with E-state index in [9.17, 15) is 0 Å². The Bertz CT molecular complexity index is 563. The second-order valence-corrected chi connectivity index (χ2v) is 4.73. The van der Waals surface area contributed by atoms with Crippen molar-refractivity contribution >= 4 is 0 Å². The van der Waals surface area contributed by atoms with E-state index in [2.05, 4.69) is 12.2 Å². The summed E-state index contributed by atoms with van der Waals surface area (Å²) < 4.78 is 16.2. The molecule has 0 saturated heterocycles. The molecule has 1 atom stereocenters. The second-order valence-electron chi connectivity index (χ2n) is 4.73. The normalized spacial score (nSPS) is 12.2. The summed E-state index contributed by atoms with van der Waals surface area (Å²) in [5.41, 5.74) is 1.09. The number of furan rings is 1. The summed E-state index contributed by atoms with van der Waals surface area (Å²) in [6.07, 6.45) is 0. The zero-order valence-electron chi connectivity index (χ0n) is 12.4.